The van der Waals surface area contributed by atoms with E-state index in [4.69, 9.17) is 14.5 Å². The van der Waals surface area contributed by atoms with Gasteiger partial charge in [0.2, 0.25) is 0 Å². The van der Waals surface area contributed by atoms with Gasteiger partial charge in [0, 0.05) is 50.3 Å². The summed E-state index contributed by atoms with van der Waals surface area (Å²) in [5, 5.41) is 3.20. The first-order valence-corrected chi connectivity index (χ1v) is 12.5. The second-order valence-corrected chi connectivity index (χ2v) is 9.38. The molecular formula is C26H29N3O3S. The smallest absolute Gasteiger partial charge is 0.257 e. The van der Waals surface area contributed by atoms with E-state index in [2.05, 4.69) is 22.4 Å². The Hall–Kier alpha value is -2.74. The second kappa shape index (κ2) is 10.5. The number of aromatic nitrogens is 1. The zero-order valence-corrected chi connectivity index (χ0v) is 19.5. The van der Waals surface area contributed by atoms with E-state index in [9.17, 15) is 4.79 Å². The van der Waals surface area contributed by atoms with Crippen LogP contribution in [0.15, 0.2) is 60.0 Å². The van der Waals surface area contributed by atoms with Crippen molar-refractivity contribution >= 4 is 17.2 Å². The van der Waals surface area contributed by atoms with Crippen molar-refractivity contribution in [2.24, 2.45) is 0 Å². The topological polar surface area (TPSA) is 54.9 Å². The van der Waals surface area contributed by atoms with E-state index < -0.39 is 0 Å². The monoisotopic (exact) mass is 463 g/mol. The van der Waals surface area contributed by atoms with Crippen molar-refractivity contribution in [1.82, 2.24) is 14.8 Å². The standard InChI is InChI=1S/C26H29N3O3S/c30-26(23-10-4-5-11-24(23)32-18-22-9-6-16-31-22)29-14-12-28(13-15-29)17-21-19-33-25(27-21)20-7-2-1-3-8-20/h1-5,7-8,10-11,19,22H,6,9,12-18H2/t22-/m0/s1. The maximum Gasteiger partial charge on any atom is 0.257 e. The molecule has 7 heteroatoms. The molecule has 3 heterocycles. The molecule has 0 saturated carbocycles. The Balaban J connectivity index is 1.15. The maximum absolute atomic E-state index is 13.2. The van der Waals surface area contributed by atoms with Gasteiger partial charge in [-0.25, -0.2) is 4.98 Å². The molecule has 5 rings (SSSR count). The average molecular weight is 464 g/mol. The summed E-state index contributed by atoms with van der Waals surface area (Å²) in [7, 11) is 0. The first-order valence-electron chi connectivity index (χ1n) is 11.6. The number of piperazine rings is 1. The number of ether oxygens (including phenoxy) is 2. The van der Waals surface area contributed by atoms with Crippen molar-refractivity contribution in [2.75, 3.05) is 39.4 Å². The fourth-order valence-corrected chi connectivity index (χ4v) is 5.15. The summed E-state index contributed by atoms with van der Waals surface area (Å²) in [5.41, 5.74) is 2.88. The highest BCUT2D eigenvalue weighted by Crippen LogP contribution is 2.25. The van der Waals surface area contributed by atoms with Crippen LogP contribution in [-0.4, -0.2) is 66.2 Å². The molecule has 2 fully saturated rings. The van der Waals surface area contributed by atoms with Gasteiger partial charge in [-0.15, -0.1) is 11.3 Å². The van der Waals surface area contributed by atoms with E-state index in [0.29, 0.717) is 31.0 Å². The summed E-state index contributed by atoms with van der Waals surface area (Å²) >= 11 is 1.68. The van der Waals surface area contributed by atoms with E-state index in [0.717, 1.165) is 55.3 Å². The van der Waals surface area contributed by atoms with E-state index in [1.165, 1.54) is 0 Å². The molecule has 2 aromatic carbocycles. The number of hydrogen-bond acceptors (Lipinski definition) is 6. The predicted octanol–water partition coefficient (Wildman–Crippen LogP) is 4.33. The molecule has 0 radical (unpaired) electrons. The predicted molar refractivity (Wildman–Crippen MR) is 130 cm³/mol. The molecule has 33 heavy (non-hydrogen) atoms. The van der Waals surface area contributed by atoms with Crippen LogP contribution in [0.3, 0.4) is 0 Å². The number of thiazole rings is 1. The zero-order valence-electron chi connectivity index (χ0n) is 18.7. The lowest BCUT2D eigenvalue weighted by atomic mass is 10.1. The van der Waals surface area contributed by atoms with Gasteiger partial charge in [-0.1, -0.05) is 42.5 Å². The molecule has 0 bridgehead atoms. The lowest BCUT2D eigenvalue weighted by Crippen LogP contribution is -2.48. The summed E-state index contributed by atoms with van der Waals surface area (Å²) in [6.45, 7) is 5.19. The minimum atomic E-state index is 0.0395. The Morgan fingerprint density at radius 2 is 1.85 bits per heavy atom. The van der Waals surface area contributed by atoms with Gasteiger partial charge in [-0.2, -0.15) is 0 Å². The fourth-order valence-electron chi connectivity index (χ4n) is 4.33. The quantitative estimate of drug-likeness (QED) is 0.522. The van der Waals surface area contributed by atoms with Crippen LogP contribution in [0, 0.1) is 0 Å². The average Bonchev–Trinajstić information content (AvgIpc) is 3.56. The Morgan fingerprint density at radius 1 is 1.06 bits per heavy atom. The Kier molecular flexibility index (Phi) is 7.00. The summed E-state index contributed by atoms with van der Waals surface area (Å²) in [4.78, 5) is 22.3. The molecule has 1 amide bonds. The van der Waals surface area contributed by atoms with Crippen molar-refractivity contribution in [1.29, 1.82) is 0 Å². The van der Waals surface area contributed by atoms with E-state index in [-0.39, 0.29) is 12.0 Å². The molecule has 1 aromatic heterocycles. The summed E-state index contributed by atoms with van der Waals surface area (Å²) in [6.07, 6.45) is 2.22. The number of para-hydroxylation sites is 1. The molecule has 3 aromatic rings. The Labute approximate surface area is 198 Å². The van der Waals surface area contributed by atoms with Crippen molar-refractivity contribution in [3.8, 4) is 16.3 Å². The number of carbonyl (C=O) groups excluding carboxylic acids is 1. The third kappa shape index (κ3) is 5.43. The van der Waals surface area contributed by atoms with Gasteiger partial charge in [0.15, 0.2) is 0 Å². The van der Waals surface area contributed by atoms with Crippen LogP contribution >= 0.6 is 11.3 Å². The highest BCUT2D eigenvalue weighted by molar-refractivity contribution is 7.13. The van der Waals surface area contributed by atoms with Gasteiger partial charge >= 0.3 is 0 Å². The van der Waals surface area contributed by atoms with Crippen LogP contribution in [-0.2, 0) is 11.3 Å². The van der Waals surface area contributed by atoms with Crippen LogP contribution in [0.2, 0.25) is 0 Å². The molecule has 0 spiro atoms. The molecule has 0 aliphatic carbocycles. The van der Waals surface area contributed by atoms with Crippen molar-refractivity contribution < 1.29 is 14.3 Å². The lowest BCUT2D eigenvalue weighted by Gasteiger charge is -2.34. The van der Waals surface area contributed by atoms with Gasteiger partial charge < -0.3 is 14.4 Å². The van der Waals surface area contributed by atoms with Crippen LogP contribution in [0.1, 0.15) is 28.9 Å². The van der Waals surface area contributed by atoms with Crippen molar-refractivity contribution in [2.45, 2.75) is 25.5 Å². The fraction of sp³-hybridized carbons (Fsp3) is 0.385. The number of nitrogens with zero attached hydrogens (tertiary/aromatic N) is 3. The molecular weight excluding hydrogens is 434 g/mol. The molecule has 0 N–H and O–H groups in total. The highest BCUT2D eigenvalue weighted by atomic mass is 32.1. The van der Waals surface area contributed by atoms with Gasteiger partial charge in [0.25, 0.3) is 5.91 Å². The summed E-state index contributed by atoms with van der Waals surface area (Å²) in [5.74, 6) is 0.689. The summed E-state index contributed by atoms with van der Waals surface area (Å²) in [6, 6.07) is 17.8. The number of amides is 1. The van der Waals surface area contributed by atoms with Crippen molar-refractivity contribution in [3.63, 3.8) is 0 Å². The minimum Gasteiger partial charge on any atom is -0.490 e. The SMILES string of the molecule is O=C(c1ccccc1OC[C@@H]1CCCO1)N1CCN(Cc2csc(-c3ccccc3)n2)CC1. The lowest BCUT2D eigenvalue weighted by molar-refractivity contribution is 0.0592. The molecule has 2 aliphatic rings. The first kappa shape index (κ1) is 22.1. The van der Waals surface area contributed by atoms with Gasteiger partial charge in [0.1, 0.15) is 17.4 Å². The molecule has 6 nitrogen and oxygen atoms in total. The van der Waals surface area contributed by atoms with Crippen molar-refractivity contribution in [3.05, 3.63) is 71.2 Å². The Bertz CT molecular complexity index is 1060. The number of rotatable bonds is 7. The van der Waals surface area contributed by atoms with Crippen LogP contribution in [0.5, 0.6) is 5.75 Å². The second-order valence-electron chi connectivity index (χ2n) is 8.52. The van der Waals surface area contributed by atoms with Gasteiger partial charge in [-0.3, -0.25) is 9.69 Å². The van der Waals surface area contributed by atoms with E-state index in [1.54, 1.807) is 11.3 Å². The Morgan fingerprint density at radius 3 is 2.64 bits per heavy atom. The normalized spacial score (nSPS) is 19.0. The van der Waals surface area contributed by atoms with E-state index >= 15 is 0 Å². The largest absolute Gasteiger partial charge is 0.490 e. The number of hydrogen-bond donors (Lipinski definition) is 0. The number of benzene rings is 2. The van der Waals surface area contributed by atoms with Crippen LogP contribution < -0.4 is 4.74 Å². The highest BCUT2D eigenvalue weighted by Gasteiger charge is 2.25. The van der Waals surface area contributed by atoms with E-state index in [1.807, 2.05) is 47.4 Å². The van der Waals surface area contributed by atoms with Gasteiger partial charge in [-0.05, 0) is 25.0 Å². The van der Waals surface area contributed by atoms with Crippen LogP contribution in [0.4, 0.5) is 0 Å². The summed E-state index contributed by atoms with van der Waals surface area (Å²) < 4.78 is 11.6. The maximum atomic E-state index is 13.2. The third-order valence-corrected chi connectivity index (χ3v) is 7.12. The number of carbonyl (C=O) groups is 1. The van der Waals surface area contributed by atoms with Gasteiger partial charge in [0.05, 0.1) is 17.4 Å². The van der Waals surface area contributed by atoms with Crippen LogP contribution in [0.25, 0.3) is 10.6 Å². The zero-order chi connectivity index (χ0) is 22.5. The molecule has 172 valence electrons. The molecule has 1 atom stereocenters. The molecule has 0 unspecified atom stereocenters. The minimum absolute atomic E-state index is 0.0395. The molecule has 2 aliphatic heterocycles. The first-order chi connectivity index (χ1) is 16.3. The third-order valence-electron chi connectivity index (χ3n) is 6.18. The molecule has 2 saturated heterocycles.